The SMILES string of the molecule is Fc1cc(F)c(Cl)c(F)c1.c1cncnc1. The van der Waals surface area contributed by atoms with E-state index in [9.17, 15) is 13.2 Å². The molecule has 84 valence electrons. The van der Waals surface area contributed by atoms with Gasteiger partial charge in [-0.1, -0.05) is 11.6 Å². The summed E-state index contributed by atoms with van der Waals surface area (Å²) in [6.07, 6.45) is 4.88. The van der Waals surface area contributed by atoms with E-state index in [1.807, 2.05) is 0 Å². The van der Waals surface area contributed by atoms with E-state index in [1.165, 1.54) is 6.33 Å². The van der Waals surface area contributed by atoms with E-state index in [-0.39, 0.29) is 0 Å². The maximum Gasteiger partial charge on any atom is 0.147 e. The Balaban J connectivity index is 0.000000181. The summed E-state index contributed by atoms with van der Waals surface area (Å²) in [6, 6.07) is 2.82. The van der Waals surface area contributed by atoms with Crippen molar-refractivity contribution in [2.24, 2.45) is 0 Å². The van der Waals surface area contributed by atoms with Gasteiger partial charge >= 0.3 is 0 Å². The molecule has 0 N–H and O–H groups in total. The molecule has 0 unspecified atom stereocenters. The molecule has 1 aromatic heterocycles. The molecule has 16 heavy (non-hydrogen) atoms. The minimum absolute atomic E-state index is 0.519. The maximum absolute atomic E-state index is 12.2. The third-order valence-corrected chi connectivity index (χ3v) is 1.79. The molecule has 0 bridgehead atoms. The van der Waals surface area contributed by atoms with Crippen molar-refractivity contribution in [3.8, 4) is 0 Å². The van der Waals surface area contributed by atoms with Gasteiger partial charge in [0.05, 0.1) is 0 Å². The third-order valence-electron chi connectivity index (χ3n) is 1.43. The standard InChI is InChI=1S/C6H2ClF3.C4H4N2/c7-6-4(9)1-3(8)2-5(6)10;1-2-5-4-6-3-1/h1-2H;1-4H. The molecular formula is C10H6ClF3N2. The monoisotopic (exact) mass is 246 g/mol. The zero-order chi connectivity index (χ0) is 12.0. The zero-order valence-electron chi connectivity index (χ0n) is 7.87. The molecule has 2 aromatic rings. The van der Waals surface area contributed by atoms with Crippen molar-refractivity contribution in [1.29, 1.82) is 0 Å². The lowest BCUT2D eigenvalue weighted by molar-refractivity contribution is 0.544. The van der Waals surface area contributed by atoms with Crippen LogP contribution in [0.15, 0.2) is 36.9 Å². The summed E-state index contributed by atoms with van der Waals surface area (Å²) in [7, 11) is 0. The molecule has 0 aliphatic heterocycles. The smallest absolute Gasteiger partial charge is 0.147 e. The highest BCUT2D eigenvalue weighted by Crippen LogP contribution is 2.19. The van der Waals surface area contributed by atoms with Crippen LogP contribution >= 0.6 is 11.6 Å². The number of hydrogen-bond donors (Lipinski definition) is 0. The first-order valence-electron chi connectivity index (χ1n) is 4.11. The number of halogens is 4. The Morgan fingerprint density at radius 2 is 1.44 bits per heavy atom. The molecule has 1 heterocycles. The molecule has 0 saturated heterocycles. The second-order valence-electron chi connectivity index (χ2n) is 2.59. The van der Waals surface area contributed by atoms with Crippen LogP contribution in [0.1, 0.15) is 0 Å². The Kier molecular flexibility index (Phi) is 4.72. The molecule has 0 saturated carbocycles. The van der Waals surface area contributed by atoms with E-state index < -0.39 is 22.5 Å². The van der Waals surface area contributed by atoms with Gasteiger partial charge in [-0.15, -0.1) is 0 Å². The highest BCUT2D eigenvalue weighted by molar-refractivity contribution is 6.30. The third kappa shape index (κ3) is 3.86. The van der Waals surface area contributed by atoms with Gasteiger partial charge in [-0.3, -0.25) is 0 Å². The highest BCUT2D eigenvalue weighted by Gasteiger charge is 2.07. The van der Waals surface area contributed by atoms with Crippen LogP contribution in [0.4, 0.5) is 13.2 Å². The molecule has 0 aliphatic carbocycles. The summed E-state index contributed by atoms with van der Waals surface area (Å²) in [5.74, 6) is -3.14. The fourth-order valence-corrected chi connectivity index (χ4v) is 0.887. The molecule has 2 nitrogen and oxygen atoms in total. The molecule has 0 atom stereocenters. The number of hydrogen-bond acceptors (Lipinski definition) is 2. The normalized spacial score (nSPS) is 9.25. The molecule has 0 aliphatic rings. The minimum Gasteiger partial charge on any atom is -0.245 e. The van der Waals surface area contributed by atoms with E-state index in [1.54, 1.807) is 18.5 Å². The first kappa shape index (κ1) is 12.4. The van der Waals surface area contributed by atoms with Crippen molar-refractivity contribution < 1.29 is 13.2 Å². The van der Waals surface area contributed by atoms with Crippen LogP contribution < -0.4 is 0 Å². The summed E-state index contributed by atoms with van der Waals surface area (Å²) < 4.78 is 36.5. The Morgan fingerprint density at radius 3 is 1.75 bits per heavy atom. The van der Waals surface area contributed by atoms with Crippen LogP contribution in [0.2, 0.25) is 5.02 Å². The van der Waals surface area contributed by atoms with Crippen molar-refractivity contribution in [2.75, 3.05) is 0 Å². The summed E-state index contributed by atoms with van der Waals surface area (Å²) in [5.41, 5.74) is 0. The van der Waals surface area contributed by atoms with Crippen LogP contribution in [0.3, 0.4) is 0 Å². The minimum atomic E-state index is -1.08. The van der Waals surface area contributed by atoms with Crippen molar-refractivity contribution in [1.82, 2.24) is 9.97 Å². The van der Waals surface area contributed by atoms with Crippen molar-refractivity contribution >= 4 is 11.6 Å². The molecule has 0 radical (unpaired) electrons. The van der Waals surface area contributed by atoms with E-state index >= 15 is 0 Å². The van der Waals surface area contributed by atoms with Gasteiger partial charge in [-0.25, -0.2) is 23.1 Å². The second kappa shape index (κ2) is 6.07. The summed E-state index contributed by atoms with van der Waals surface area (Å²) >= 11 is 5.03. The maximum atomic E-state index is 12.2. The first-order chi connectivity index (χ1) is 7.61. The predicted octanol–water partition coefficient (Wildman–Crippen LogP) is 3.23. The van der Waals surface area contributed by atoms with Gasteiger partial charge in [0, 0.05) is 24.5 Å². The van der Waals surface area contributed by atoms with Gasteiger partial charge in [-0.2, -0.15) is 0 Å². The molecule has 0 amide bonds. The topological polar surface area (TPSA) is 25.8 Å². The van der Waals surface area contributed by atoms with Gasteiger partial charge in [-0.05, 0) is 6.07 Å². The average Bonchev–Trinajstić information content (AvgIpc) is 2.29. The van der Waals surface area contributed by atoms with E-state index in [0.29, 0.717) is 12.1 Å². The largest absolute Gasteiger partial charge is 0.245 e. The molecule has 0 spiro atoms. The lowest BCUT2D eigenvalue weighted by atomic mass is 10.3. The molecule has 0 fully saturated rings. The Hall–Kier alpha value is -1.62. The van der Waals surface area contributed by atoms with Gasteiger partial charge in [0.2, 0.25) is 0 Å². The van der Waals surface area contributed by atoms with Crippen LogP contribution in [0, 0.1) is 17.5 Å². The fourth-order valence-electron chi connectivity index (χ4n) is 0.778. The van der Waals surface area contributed by atoms with Crippen LogP contribution in [0.25, 0.3) is 0 Å². The Bertz CT molecular complexity index is 401. The highest BCUT2D eigenvalue weighted by atomic mass is 35.5. The number of nitrogens with zero attached hydrogens (tertiary/aromatic N) is 2. The zero-order valence-corrected chi connectivity index (χ0v) is 8.63. The van der Waals surface area contributed by atoms with Gasteiger partial charge < -0.3 is 0 Å². The van der Waals surface area contributed by atoms with Gasteiger partial charge in [0.25, 0.3) is 0 Å². The van der Waals surface area contributed by atoms with E-state index in [4.69, 9.17) is 11.6 Å². The van der Waals surface area contributed by atoms with Crippen molar-refractivity contribution in [3.63, 3.8) is 0 Å². The van der Waals surface area contributed by atoms with E-state index in [2.05, 4.69) is 9.97 Å². The van der Waals surface area contributed by atoms with Crippen molar-refractivity contribution in [3.05, 3.63) is 59.4 Å². The van der Waals surface area contributed by atoms with E-state index in [0.717, 1.165) is 0 Å². The van der Waals surface area contributed by atoms with Gasteiger partial charge in [0.15, 0.2) is 0 Å². The Labute approximate surface area is 94.7 Å². The first-order valence-corrected chi connectivity index (χ1v) is 4.49. The lowest BCUT2D eigenvalue weighted by Gasteiger charge is -1.94. The molecule has 2 rings (SSSR count). The fraction of sp³-hybridized carbons (Fsp3) is 0. The summed E-state index contributed by atoms with van der Waals surface area (Å²) in [6.45, 7) is 0. The van der Waals surface area contributed by atoms with Crippen LogP contribution in [0.5, 0.6) is 0 Å². The number of benzene rings is 1. The Morgan fingerprint density at radius 1 is 0.938 bits per heavy atom. The summed E-state index contributed by atoms with van der Waals surface area (Å²) in [5, 5.41) is -0.679. The van der Waals surface area contributed by atoms with Crippen molar-refractivity contribution in [2.45, 2.75) is 0 Å². The number of rotatable bonds is 0. The number of aromatic nitrogens is 2. The molecule has 6 heteroatoms. The predicted molar refractivity (Wildman–Crippen MR) is 53.4 cm³/mol. The van der Waals surface area contributed by atoms with Gasteiger partial charge in [0.1, 0.15) is 28.8 Å². The molecular weight excluding hydrogens is 241 g/mol. The summed E-state index contributed by atoms with van der Waals surface area (Å²) in [4.78, 5) is 7.35. The quantitative estimate of drug-likeness (QED) is 0.527. The van der Waals surface area contributed by atoms with Crippen LogP contribution in [-0.2, 0) is 0 Å². The average molecular weight is 247 g/mol. The lowest BCUT2D eigenvalue weighted by Crippen LogP contribution is -1.85. The second-order valence-corrected chi connectivity index (χ2v) is 2.97. The van der Waals surface area contributed by atoms with Crippen LogP contribution in [-0.4, -0.2) is 9.97 Å². The molecule has 1 aromatic carbocycles.